The zero-order valence-corrected chi connectivity index (χ0v) is 15.4. The molecule has 5 rings (SSSR count). The maximum Gasteiger partial charge on any atom is 0.141 e. The summed E-state index contributed by atoms with van der Waals surface area (Å²) in [6.07, 6.45) is 6.56. The van der Waals surface area contributed by atoms with E-state index in [-0.39, 0.29) is 0 Å². The molecule has 0 aliphatic heterocycles. The van der Waals surface area contributed by atoms with Crippen LogP contribution in [0.4, 0.5) is 0 Å². The first-order valence-corrected chi connectivity index (χ1v) is 9.76. The normalized spacial score (nSPS) is 19.5. The average molecular weight is 351 g/mol. The van der Waals surface area contributed by atoms with Crippen LogP contribution in [-0.2, 0) is 0 Å². The minimum absolute atomic E-state index is 0.333. The Bertz CT molecular complexity index is 942. The predicted molar refractivity (Wildman–Crippen MR) is 100.0 cm³/mol. The van der Waals surface area contributed by atoms with Crippen molar-refractivity contribution >= 4 is 11.0 Å². The van der Waals surface area contributed by atoms with Gasteiger partial charge >= 0.3 is 0 Å². The van der Waals surface area contributed by atoms with Crippen LogP contribution in [0.15, 0.2) is 16.7 Å². The van der Waals surface area contributed by atoms with Crippen molar-refractivity contribution in [1.29, 1.82) is 0 Å². The number of nitrogens with one attached hydrogen (secondary N) is 1. The summed E-state index contributed by atoms with van der Waals surface area (Å²) < 4.78 is 5.38. The van der Waals surface area contributed by atoms with Crippen molar-refractivity contribution in [2.24, 2.45) is 5.92 Å². The van der Waals surface area contributed by atoms with Gasteiger partial charge in [-0.1, -0.05) is 18.0 Å². The molecule has 0 radical (unpaired) electrons. The number of fused-ring (bicyclic) bond motifs is 1. The molecule has 0 saturated heterocycles. The molecule has 2 aromatic heterocycles. The van der Waals surface area contributed by atoms with Crippen molar-refractivity contribution in [1.82, 2.24) is 15.1 Å². The van der Waals surface area contributed by atoms with E-state index in [2.05, 4.69) is 22.3 Å². The molecule has 2 heterocycles. The first-order valence-electron chi connectivity index (χ1n) is 9.76. The molecule has 0 amide bonds. The van der Waals surface area contributed by atoms with Gasteiger partial charge < -0.3 is 14.6 Å². The number of nitrogens with zero attached hydrogens (tertiary/aromatic N) is 2. The largest absolute Gasteiger partial charge is 0.388 e. The van der Waals surface area contributed by atoms with Crippen LogP contribution in [0.3, 0.4) is 0 Å². The van der Waals surface area contributed by atoms with Gasteiger partial charge in [-0.15, -0.1) is 0 Å². The van der Waals surface area contributed by atoms with E-state index in [9.17, 15) is 5.11 Å². The molecule has 5 nitrogen and oxygen atoms in total. The van der Waals surface area contributed by atoms with Crippen LogP contribution < -0.4 is 0 Å². The van der Waals surface area contributed by atoms with E-state index in [4.69, 9.17) is 9.51 Å². The van der Waals surface area contributed by atoms with Gasteiger partial charge in [-0.05, 0) is 63.1 Å². The molecule has 2 saturated carbocycles. The summed E-state index contributed by atoms with van der Waals surface area (Å²) in [7, 11) is 0. The lowest BCUT2D eigenvalue weighted by molar-refractivity contribution is 0.113. The van der Waals surface area contributed by atoms with E-state index in [1.54, 1.807) is 0 Å². The Morgan fingerprint density at radius 2 is 1.92 bits per heavy atom. The van der Waals surface area contributed by atoms with Gasteiger partial charge in [0.05, 0.1) is 22.8 Å². The minimum Gasteiger partial charge on any atom is -0.388 e. The van der Waals surface area contributed by atoms with E-state index in [1.165, 1.54) is 25.7 Å². The molecular formula is C21H25N3O2. The highest BCUT2D eigenvalue weighted by Crippen LogP contribution is 2.43. The van der Waals surface area contributed by atoms with Gasteiger partial charge in [0.25, 0.3) is 0 Å². The highest BCUT2D eigenvalue weighted by atomic mass is 16.5. The van der Waals surface area contributed by atoms with Gasteiger partial charge in [-0.25, -0.2) is 4.98 Å². The first kappa shape index (κ1) is 16.1. The number of hydrogen-bond acceptors (Lipinski definition) is 4. The van der Waals surface area contributed by atoms with E-state index in [1.807, 2.05) is 13.8 Å². The van der Waals surface area contributed by atoms with Gasteiger partial charge in [-0.3, -0.25) is 0 Å². The zero-order valence-electron chi connectivity index (χ0n) is 15.4. The number of aliphatic hydroxyl groups excluding tert-OH is 1. The summed E-state index contributed by atoms with van der Waals surface area (Å²) in [4.78, 5) is 8.39. The Morgan fingerprint density at radius 1 is 1.15 bits per heavy atom. The van der Waals surface area contributed by atoms with Crippen LogP contribution in [-0.4, -0.2) is 20.2 Å². The number of H-pyrrole nitrogens is 1. The molecule has 0 bridgehead atoms. The summed E-state index contributed by atoms with van der Waals surface area (Å²) in [5.41, 5.74) is 5.84. The summed E-state index contributed by atoms with van der Waals surface area (Å²) in [6, 6.07) is 4.24. The van der Waals surface area contributed by atoms with Crippen LogP contribution in [0, 0.1) is 19.8 Å². The fraction of sp³-hybridized carbons (Fsp3) is 0.524. The molecule has 0 spiro atoms. The number of benzene rings is 1. The predicted octanol–water partition coefficient (Wildman–Crippen LogP) is 4.94. The van der Waals surface area contributed by atoms with Gasteiger partial charge in [0.15, 0.2) is 0 Å². The lowest BCUT2D eigenvalue weighted by Gasteiger charge is -2.19. The highest BCUT2D eigenvalue weighted by Gasteiger charge is 2.31. The zero-order chi connectivity index (χ0) is 17.8. The Morgan fingerprint density at radius 3 is 2.58 bits per heavy atom. The lowest BCUT2D eigenvalue weighted by atomic mass is 9.91. The summed E-state index contributed by atoms with van der Waals surface area (Å²) >= 11 is 0. The topological polar surface area (TPSA) is 74.9 Å². The maximum absolute atomic E-state index is 11.1. The van der Waals surface area contributed by atoms with Gasteiger partial charge in [0.2, 0.25) is 0 Å². The van der Waals surface area contributed by atoms with Crippen molar-refractivity contribution in [3.05, 3.63) is 35.0 Å². The van der Waals surface area contributed by atoms with Gasteiger partial charge in [-0.2, -0.15) is 0 Å². The van der Waals surface area contributed by atoms with E-state index in [0.29, 0.717) is 11.8 Å². The Kier molecular flexibility index (Phi) is 3.67. The number of aromatic amines is 1. The average Bonchev–Trinajstić information content (AvgIpc) is 3.04. The first-order chi connectivity index (χ1) is 12.6. The number of rotatable bonds is 4. The molecule has 5 heteroatoms. The molecule has 2 N–H and O–H groups in total. The SMILES string of the molecule is Cc1noc(C)c1-c1cc([C@@H](O)C2CCCC2)c2nc(C3CC3)[nH]c2c1. The van der Waals surface area contributed by atoms with Crippen molar-refractivity contribution in [3.8, 4) is 11.1 Å². The number of hydrogen-bond donors (Lipinski definition) is 2. The van der Waals surface area contributed by atoms with Gasteiger partial charge in [0, 0.05) is 17.0 Å². The third-order valence-corrected chi connectivity index (χ3v) is 6.09. The van der Waals surface area contributed by atoms with Crippen LogP contribution in [0.5, 0.6) is 0 Å². The lowest BCUT2D eigenvalue weighted by Crippen LogP contribution is -2.10. The maximum atomic E-state index is 11.1. The Balaban J connectivity index is 1.69. The molecule has 3 aromatic rings. The third-order valence-electron chi connectivity index (χ3n) is 6.09. The quantitative estimate of drug-likeness (QED) is 0.698. The minimum atomic E-state index is -0.462. The van der Waals surface area contributed by atoms with Gasteiger partial charge in [0.1, 0.15) is 11.6 Å². The number of aromatic nitrogens is 3. The highest BCUT2D eigenvalue weighted by molar-refractivity contribution is 5.86. The van der Waals surface area contributed by atoms with Crippen LogP contribution in [0.25, 0.3) is 22.2 Å². The molecule has 2 fully saturated rings. The third kappa shape index (κ3) is 2.57. The summed E-state index contributed by atoms with van der Waals surface area (Å²) in [5.74, 6) is 2.77. The molecule has 1 aromatic carbocycles. The molecule has 2 aliphatic rings. The number of imidazole rings is 1. The van der Waals surface area contributed by atoms with E-state index in [0.717, 1.165) is 57.8 Å². The molecule has 136 valence electrons. The Labute approximate surface area is 152 Å². The number of aryl methyl sites for hydroxylation is 2. The molecule has 26 heavy (non-hydrogen) atoms. The molecule has 0 unspecified atom stereocenters. The summed E-state index contributed by atoms with van der Waals surface area (Å²) in [6.45, 7) is 3.90. The van der Waals surface area contributed by atoms with E-state index < -0.39 is 6.10 Å². The monoisotopic (exact) mass is 351 g/mol. The van der Waals surface area contributed by atoms with Crippen molar-refractivity contribution < 1.29 is 9.63 Å². The van der Waals surface area contributed by atoms with Crippen molar-refractivity contribution in [2.75, 3.05) is 0 Å². The van der Waals surface area contributed by atoms with Crippen LogP contribution >= 0.6 is 0 Å². The standard InChI is InChI=1S/C21H25N3O2/c1-11-18(12(2)26-24-11)15-9-16(20(25)13-5-3-4-6-13)19-17(10-15)22-21(23-19)14-7-8-14/h9-10,13-14,20,25H,3-8H2,1-2H3,(H,22,23)/t20-/m0/s1. The fourth-order valence-corrected chi connectivity index (χ4v) is 4.51. The second kappa shape index (κ2) is 5.95. The van der Waals surface area contributed by atoms with Crippen molar-refractivity contribution in [3.63, 3.8) is 0 Å². The van der Waals surface area contributed by atoms with Crippen LogP contribution in [0.1, 0.15) is 73.4 Å². The second-order valence-electron chi connectivity index (χ2n) is 8.05. The number of aliphatic hydroxyl groups is 1. The Hall–Kier alpha value is -2.14. The van der Waals surface area contributed by atoms with E-state index >= 15 is 0 Å². The molecular weight excluding hydrogens is 326 g/mol. The summed E-state index contributed by atoms with van der Waals surface area (Å²) in [5, 5.41) is 15.3. The second-order valence-corrected chi connectivity index (χ2v) is 8.05. The fourth-order valence-electron chi connectivity index (χ4n) is 4.51. The smallest absolute Gasteiger partial charge is 0.141 e. The molecule has 1 atom stereocenters. The van der Waals surface area contributed by atoms with Crippen LogP contribution in [0.2, 0.25) is 0 Å². The molecule has 2 aliphatic carbocycles. The van der Waals surface area contributed by atoms with Crippen molar-refractivity contribution in [2.45, 2.75) is 64.4 Å².